The molecule has 3 saturated heterocycles. The summed E-state index contributed by atoms with van der Waals surface area (Å²) in [6, 6.07) is 0.683. The number of carbonyl (C=O) groups excluding carboxylic acids is 1. The molecule has 2 atom stereocenters. The number of hydrogen-bond donors (Lipinski definition) is 0. The molecule has 0 N–H and O–H groups in total. The van der Waals surface area contributed by atoms with Crippen LogP contribution in [0.2, 0.25) is 5.15 Å². The van der Waals surface area contributed by atoms with Gasteiger partial charge in [-0.25, -0.2) is 9.97 Å². The van der Waals surface area contributed by atoms with Gasteiger partial charge in [0.25, 0.3) is 0 Å². The van der Waals surface area contributed by atoms with E-state index in [-0.39, 0.29) is 0 Å². The number of nitrogens with zero attached hydrogens (tertiary/aromatic N) is 4. The molecule has 1 amide bonds. The van der Waals surface area contributed by atoms with Crippen molar-refractivity contribution in [2.24, 2.45) is 0 Å². The SMILES string of the molecule is O=CN1C2CC1CN(c1cnc(Cl)cn1)C2. The smallest absolute Gasteiger partial charge is 0.210 e. The molecule has 0 aliphatic carbocycles. The van der Waals surface area contributed by atoms with Gasteiger partial charge in [-0.05, 0) is 6.42 Å². The number of piperazine rings is 1. The Kier molecular flexibility index (Phi) is 2.21. The molecule has 0 aromatic carbocycles. The van der Waals surface area contributed by atoms with Crippen LogP contribution >= 0.6 is 11.6 Å². The molecule has 5 nitrogen and oxygen atoms in total. The van der Waals surface area contributed by atoms with E-state index in [1.807, 2.05) is 4.90 Å². The molecule has 2 bridgehead atoms. The molecule has 3 fully saturated rings. The van der Waals surface area contributed by atoms with E-state index in [4.69, 9.17) is 11.6 Å². The van der Waals surface area contributed by atoms with Crippen molar-refractivity contribution < 1.29 is 4.79 Å². The van der Waals surface area contributed by atoms with Gasteiger partial charge in [-0.1, -0.05) is 11.6 Å². The first-order valence-corrected chi connectivity index (χ1v) is 5.61. The highest BCUT2D eigenvalue weighted by molar-refractivity contribution is 6.29. The molecule has 6 heteroatoms. The van der Waals surface area contributed by atoms with Crippen LogP contribution in [-0.2, 0) is 4.79 Å². The topological polar surface area (TPSA) is 49.3 Å². The van der Waals surface area contributed by atoms with Crippen LogP contribution in [0.5, 0.6) is 0 Å². The third-order valence-electron chi connectivity index (χ3n) is 3.30. The maximum absolute atomic E-state index is 10.8. The predicted molar refractivity (Wildman–Crippen MR) is 59.4 cm³/mol. The lowest BCUT2D eigenvalue weighted by molar-refractivity contribution is -0.131. The molecule has 0 spiro atoms. The van der Waals surface area contributed by atoms with Crippen molar-refractivity contribution in [1.29, 1.82) is 0 Å². The lowest BCUT2D eigenvalue weighted by Gasteiger charge is -2.54. The largest absolute Gasteiger partial charge is 0.351 e. The molecule has 1 aromatic heterocycles. The first-order valence-electron chi connectivity index (χ1n) is 5.23. The van der Waals surface area contributed by atoms with Crippen molar-refractivity contribution in [2.75, 3.05) is 18.0 Å². The summed E-state index contributed by atoms with van der Waals surface area (Å²) in [5, 5.41) is 0.403. The second-order valence-corrected chi connectivity index (χ2v) is 4.59. The Balaban J connectivity index is 1.75. The molecular weight excluding hydrogens is 228 g/mol. The second kappa shape index (κ2) is 3.59. The van der Waals surface area contributed by atoms with E-state index in [2.05, 4.69) is 14.9 Å². The standard InChI is InChI=1S/C10H11ClN4O/c11-9-2-13-10(3-12-9)14-4-7-1-8(5-14)15(7)6-16/h2-3,6-8H,1,4-5H2. The van der Waals surface area contributed by atoms with E-state index in [1.54, 1.807) is 12.4 Å². The number of aromatic nitrogens is 2. The fourth-order valence-corrected chi connectivity index (χ4v) is 2.56. The first kappa shape index (κ1) is 9.84. The molecule has 84 valence electrons. The molecule has 3 aliphatic heterocycles. The lowest BCUT2D eigenvalue weighted by Crippen LogP contribution is -2.68. The Bertz CT molecular complexity index is 398. The molecule has 16 heavy (non-hydrogen) atoms. The van der Waals surface area contributed by atoms with Crippen LogP contribution in [-0.4, -0.2) is 46.5 Å². The minimum Gasteiger partial charge on any atom is -0.351 e. The van der Waals surface area contributed by atoms with E-state index >= 15 is 0 Å². The molecule has 3 aliphatic rings. The minimum absolute atomic E-state index is 0.341. The number of hydrogen-bond acceptors (Lipinski definition) is 4. The van der Waals surface area contributed by atoms with E-state index in [1.165, 1.54) is 0 Å². The molecule has 1 aromatic rings. The van der Waals surface area contributed by atoms with Gasteiger partial charge in [0.05, 0.1) is 24.5 Å². The van der Waals surface area contributed by atoms with Gasteiger partial charge < -0.3 is 9.80 Å². The van der Waals surface area contributed by atoms with Crippen LogP contribution in [0.1, 0.15) is 6.42 Å². The lowest BCUT2D eigenvalue weighted by atomic mass is 9.88. The van der Waals surface area contributed by atoms with Crippen molar-refractivity contribution in [3.63, 3.8) is 0 Å². The summed E-state index contributed by atoms with van der Waals surface area (Å²) in [5.74, 6) is 0.838. The summed E-state index contributed by atoms with van der Waals surface area (Å²) < 4.78 is 0. The van der Waals surface area contributed by atoms with Crippen LogP contribution in [0.25, 0.3) is 0 Å². The number of amides is 1. The number of anilines is 1. The molecule has 0 saturated carbocycles. The molecule has 2 unspecified atom stereocenters. The van der Waals surface area contributed by atoms with Crippen molar-refractivity contribution in [3.8, 4) is 0 Å². The monoisotopic (exact) mass is 238 g/mol. The summed E-state index contributed by atoms with van der Waals surface area (Å²) >= 11 is 5.69. The zero-order valence-corrected chi connectivity index (χ0v) is 9.34. The summed E-state index contributed by atoms with van der Waals surface area (Å²) in [4.78, 5) is 23.0. The van der Waals surface area contributed by atoms with E-state index < -0.39 is 0 Å². The highest BCUT2D eigenvalue weighted by atomic mass is 35.5. The normalized spacial score (nSPS) is 27.6. The average molecular weight is 239 g/mol. The minimum atomic E-state index is 0.341. The summed E-state index contributed by atoms with van der Waals surface area (Å²) in [7, 11) is 0. The second-order valence-electron chi connectivity index (χ2n) is 4.20. The van der Waals surface area contributed by atoms with Gasteiger partial charge in [-0.3, -0.25) is 4.79 Å². The molecular formula is C10H11ClN4O. The van der Waals surface area contributed by atoms with Gasteiger partial charge in [-0.2, -0.15) is 0 Å². The van der Waals surface area contributed by atoms with Crippen LogP contribution in [0, 0.1) is 0 Å². The van der Waals surface area contributed by atoms with Crippen molar-refractivity contribution in [3.05, 3.63) is 17.5 Å². The Morgan fingerprint density at radius 3 is 2.62 bits per heavy atom. The first-order chi connectivity index (χ1) is 7.78. The third kappa shape index (κ3) is 1.43. The van der Waals surface area contributed by atoms with E-state index in [0.717, 1.165) is 31.7 Å². The zero-order valence-electron chi connectivity index (χ0n) is 8.58. The van der Waals surface area contributed by atoms with Crippen LogP contribution in [0.15, 0.2) is 12.4 Å². The summed E-state index contributed by atoms with van der Waals surface area (Å²) in [6.07, 6.45) is 5.28. The Morgan fingerprint density at radius 2 is 2.06 bits per heavy atom. The van der Waals surface area contributed by atoms with Crippen molar-refractivity contribution >= 4 is 23.8 Å². The van der Waals surface area contributed by atoms with Crippen LogP contribution < -0.4 is 4.90 Å². The maximum Gasteiger partial charge on any atom is 0.210 e. The van der Waals surface area contributed by atoms with Crippen LogP contribution in [0.4, 0.5) is 5.82 Å². The highest BCUT2D eigenvalue weighted by Crippen LogP contribution is 2.32. The average Bonchev–Trinajstić information content (AvgIpc) is 2.30. The third-order valence-corrected chi connectivity index (χ3v) is 3.50. The number of rotatable bonds is 2. The van der Waals surface area contributed by atoms with Crippen molar-refractivity contribution in [1.82, 2.24) is 14.9 Å². The number of fused-ring (bicyclic) bond motifs is 2. The summed E-state index contributed by atoms with van der Waals surface area (Å²) in [6.45, 7) is 1.68. The molecule has 4 heterocycles. The number of halogens is 1. The van der Waals surface area contributed by atoms with Gasteiger partial charge >= 0.3 is 0 Å². The Labute approximate surface area is 98.0 Å². The Morgan fingerprint density at radius 1 is 1.31 bits per heavy atom. The van der Waals surface area contributed by atoms with Gasteiger partial charge in [0.1, 0.15) is 11.0 Å². The number of piperidine rings is 1. The van der Waals surface area contributed by atoms with E-state index in [9.17, 15) is 4.79 Å². The molecule has 0 radical (unpaired) electrons. The van der Waals surface area contributed by atoms with Gasteiger partial charge in [0.2, 0.25) is 6.41 Å². The van der Waals surface area contributed by atoms with Crippen molar-refractivity contribution in [2.45, 2.75) is 18.5 Å². The molecule has 4 rings (SSSR count). The maximum atomic E-state index is 10.8. The predicted octanol–water partition coefficient (Wildman–Crippen LogP) is 0.549. The fourth-order valence-electron chi connectivity index (χ4n) is 2.47. The van der Waals surface area contributed by atoms with Gasteiger partial charge in [0, 0.05) is 13.1 Å². The quantitative estimate of drug-likeness (QED) is 0.706. The van der Waals surface area contributed by atoms with E-state index in [0.29, 0.717) is 17.2 Å². The number of carbonyl (C=O) groups is 1. The highest BCUT2D eigenvalue weighted by Gasteiger charge is 2.44. The Hall–Kier alpha value is -1.36. The fraction of sp³-hybridized carbons (Fsp3) is 0.500. The van der Waals surface area contributed by atoms with Gasteiger partial charge in [-0.15, -0.1) is 0 Å². The summed E-state index contributed by atoms with van der Waals surface area (Å²) in [5.41, 5.74) is 0. The zero-order chi connectivity index (χ0) is 11.1. The van der Waals surface area contributed by atoms with Gasteiger partial charge in [0.15, 0.2) is 0 Å². The van der Waals surface area contributed by atoms with Crippen LogP contribution in [0.3, 0.4) is 0 Å².